The number of pyridine rings is 1. The van der Waals surface area contributed by atoms with E-state index in [1.165, 1.54) is 22.9 Å². The van der Waals surface area contributed by atoms with E-state index in [0.717, 1.165) is 49.8 Å². The zero-order chi connectivity index (χ0) is 21.8. The number of ether oxygens (including phenoxy) is 1. The molecule has 1 fully saturated rings. The minimum absolute atomic E-state index is 0.187. The van der Waals surface area contributed by atoms with Gasteiger partial charge in [-0.3, -0.25) is 9.59 Å². The maximum Gasteiger partial charge on any atom is 0.340 e. The minimum Gasteiger partial charge on any atom is -0.452 e. The molecule has 2 aliphatic rings. The van der Waals surface area contributed by atoms with Crippen molar-refractivity contribution in [3.8, 4) is 0 Å². The van der Waals surface area contributed by atoms with Gasteiger partial charge in [0.25, 0.3) is 11.5 Å². The Morgan fingerprint density at radius 2 is 1.94 bits per heavy atom. The minimum atomic E-state index is -0.630. The van der Waals surface area contributed by atoms with Crippen molar-refractivity contribution in [2.45, 2.75) is 51.1 Å². The lowest BCUT2D eigenvalue weighted by atomic mass is 10.0. The van der Waals surface area contributed by atoms with Crippen molar-refractivity contribution in [2.75, 3.05) is 6.61 Å². The summed E-state index contributed by atoms with van der Waals surface area (Å²) in [7, 11) is 0. The molecule has 4 rings (SSSR count). The number of aromatic nitrogens is 1. The number of benzene rings is 1. The maximum absolute atomic E-state index is 12.8. The maximum atomic E-state index is 12.8. The highest BCUT2D eigenvalue weighted by atomic mass is 35.5. The number of rotatable bonds is 7. The summed E-state index contributed by atoms with van der Waals surface area (Å²) >= 11 is 6.18. The molecule has 2 aliphatic carbocycles. The molecule has 0 N–H and O–H groups in total. The molecule has 7 heteroatoms. The number of allylic oxidation sites excluding steroid dienone is 2. The molecule has 0 bridgehead atoms. The molecule has 1 aromatic carbocycles. The topological polar surface area (TPSA) is 68.6 Å². The molecule has 0 unspecified atom stereocenters. The van der Waals surface area contributed by atoms with Gasteiger partial charge in [0.2, 0.25) is 0 Å². The molecule has 1 aromatic heterocycles. The van der Waals surface area contributed by atoms with Crippen LogP contribution in [0.25, 0.3) is 0 Å². The lowest BCUT2D eigenvalue weighted by Gasteiger charge is -2.27. The van der Waals surface area contributed by atoms with Gasteiger partial charge in [-0.1, -0.05) is 35.9 Å². The zero-order valence-corrected chi connectivity index (χ0v) is 18.0. The van der Waals surface area contributed by atoms with Crippen LogP contribution in [-0.4, -0.2) is 34.0 Å². The first-order valence-corrected chi connectivity index (χ1v) is 11.0. The fourth-order valence-corrected chi connectivity index (χ4v) is 4.03. The van der Waals surface area contributed by atoms with Crippen LogP contribution in [0.3, 0.4) is 0 Å². The van der Waals surface area contributed by atoms with E-state index in [2.05, 4.69) is 6.08 Å². The highest BCUT2D eigenvalue weighted by Crippen LogP contribution is 2.33. The Balaban J connectivity index is 1.42. The van der Waals surface area contributed by atoms with Crippen molar-refractivity contribution in [1.82, 2.24) is 9.47 Å². The number of halogens is 1. The molecule has 0 atom stereocenters. The van der Waals surface area contributed by atoms with Gasteiger partial charge in [-0.05, 0) is 56.2 Å². The van der Waals surface area contributed by atoms with E-state index in [9.17, 15) is 14.4 Å². The lowest BCUT2D eigenvalue weighted by Crippen LogP contribution is -2.36. The molecular weight excluding hydrogens is 416 g/mol. The SMILES string of the molecule is O=C(OCC(=O)N(C1=CCCCC1)C1CC1)c1ccc(=O)n(Cc2ccccc2Cl)c1. The van der Waals surface area contributed by atoms with Gasteiger partial charge in [0.05, 0.1) is 12.1 Å². The molecule has 1 amide bonds. The molecule has 6 nitrogen and oxygen atoms in total. The van der Waals surface area contributed by atoms with E-state index in [1.807, 2.05) is 23.1 Å². The van der Waals surface area contributed by atoms with Gasteiger partial charge in [0.15, 0.2) is 6.61 Å². The highest BCUT2D eigenvalue weighted by molar-refractivity contribution is 6.31. The van der Waals surface area contributed by atoms with Crippen LogP contribution in [0.15, 0.2) is 59.2 Å². The van der Waals surface area contributed by atoms with Crippen molar-refractivity contribution in [3.05, 3.63) is 80.9 Å². The average molecular weight is 441 g/mol. The Labute approximate surface area is 186 Å². The molecule has 1 saturated carbocycles. The van der Waals surface area contributed by atoms with Crippen LogP contribution in [0.2, 0.25) is 5.02 Å². The second-order valence-electron chi connectivity index (χ2n) is 7.99. The van der Waals surface area contributed by atoms with E-state index in [0.29, 0.717) is 5.02 Å². The van der Waals surface area contributed by atoms with Crippen molar-refractivity contribution in [1.29, 1.82) is 0 Å². The third kappa shape index (κ3) is 5.25. The first-order valence-electron chi connectivity index (χ1n) is 10.6. The van der Waals surface area contributed by atoms with Gasteiger partial charge in [-0.15, -0.1) is 0 Å². The van der Waals surface area contributed by atoms with E-state index >= 15 is 0 Å². The number of amides is 1. The molecular formula is C24H25ClN2O4. The summed E-state index contributed by atoms with van der Waals surface area (Å²) in [6, 6.07) is 10.2. The molecule has 162 valence electrons. The van der Waals surface area contributed by atoms with Crippen LogP contribution in [0.5, 0.6) is 0 Å². The third-order valence-corrected chi connectivity index (χ3v) is 5.97. The molecule has 31 heavy (non-hydrogen) atoms. The number of carbonyl (C=O) groups excluding carboxylic acids is 2. The second-order valence-corrected chi connectivity index (χ2v) is 8.39. The normalized spacial score (nSPS) is 15.8. The summed E-state index contributed by atoms with van der Waals surface area (Å²) < 4.78 is 6.72. The standard InChI is InChI=1S/C24H25ClN2O4/c25-21-9-5-4-6-17(21)14-26-15-18(10-13-22(26)28)24(30)31-16-23(29)27(20-11-12-20)19-7-2-1-3-8-19/h4-7,9-10,13,15,20H,1-3,8,11-12,14,16H2. The fourth-order valence-electron chi connectivity index (χ4n) is 3.84. The van der Waals surface area contributed by atoms with Crippen LogP contribution in [0.4, 0.5) is 0 Å². The average Bonchev–Trinajstić information content (AvgIpc) is 3.61. The van der Waals surface area contributed by atoms with Gasteiger partial charge in [0.1, 0.15) is 0 Å². The number of hydrogen-bond acceptors (Lipinski definition) is 4. The van der Waals surface area contributed by atoms with Gasteiger partial charge in [0, 0.05) is 29.0 Å². The highest BCUT2D eigenvalue weighted by Gasteiger charge is 2.35. The summed E-state index contributed by atoms with van der Waals surface area (Å²) in [4.78, 5) is 39.4. The van der Waals surface area contributed by atoms with Crippen molar-refractivity contribution in [3.63, 3.8) is 0 Å². The van der Waals surface area contributed by atoms with Crippen molar-refractivity contribution in [2.24, 2.45) is 0 Å². The quantitative estimate of drug-likeness (QED) is 0.606. The number of carbonyl (C=O) groups is 2. The van der Waals surface area contributed by atoms with Crippen LogP contribution < -0.4 is 5.56 Å². The predicted octanol–water partition coefficient (Wildman–Crippen LogP) is 4.16. The van der Waals surface area contributed by atoms with Crippen LogP contribution >= 0.6 is 11.6 Å². The van der Waals surface area contributed by atoms with Crippen LogP contribution in [0.1, 0.15) is 54.4 Å². The van der Waals surface area contributed by atoms with Gasteiger partial charge < -0.3 is 14.2 Å². The van der Waals surface area contributed by atoms with Gasteiger partial charge >= 0.3 is 5.97 Å². The number of esters is 1. The largest absolute Gasteiger partial charge is 0.452 e. The summed E-state index contributed by atoms with van der Waals surface area (Å²) in [5.74, 6) is -0.817. The Morgan fingerprint density at radius 1 is 1.13 bits per heavy atom. The first-order chi connectivity index (χ1) is 15.0. The number of nitrogens with zero attached hydrogens (tertiary/aromatic N) is 2. The van der Waals surface area contributed by atoms with E-state index in [4.69, 9.17) is 16.3 Å². The second kappa shape index (κ2) is 9.52. The van der Waals surface area contributed by atoms with Crippen LogP contribution in [-0.2, 0) is 16.1 Å². The van der Waals surface area contributed by atoms with E-state index in [-0.39, 0.29) is 36.2 Å². The smallest absolute Gasteiger partial charge is 0.340 e. The summed E-state index contributed by atoms with van der Waals surface area (Å²) in [5, 5.41) is 0.546. The molecule has 1 heterocycles. The van der Waals surface area contributed by atoms with Crippen molar-refractivity contribution < 1.29 is 14.3 Å². The molecule has 0 saturated heterocycles. The Kier molecular flexibility index (Phi) is 6.56. The third-order valence-electron chi connectivity index (χ3n) is 5.60. The summed E-state index contributed by atoms with van der Waals surface area (Å²) in [6.07, 6.45) is 9.66. The molecule has 0 radical (unpaired) electrons. The lowest BCUT2D eigenvalue weighted by molar-refractivity contribution is -0.133. The molecule has 2 aromatic rings. The predicted molar refractivity (Wildman–Crippen MR) is 118 cm³/mol. The summed E-state index contributed by atoms with van der Waals surface area (Å²) in [6.45, 7) is -0.0709. The fraction of sp³-hybridized carbons (Fsp3) is 0.375. The summed E-state index contributed by atoms with van der Waals surface area (Å²) in [5.41, 5.74) is 1.79. The van der Waals surface area contributed by atoms with Crippen molar-refractivity contribution >= 4 is 23.5 Å². The number of hydrogen-bond donors (Lipinski definition) is 0. The first kappa shape index (κ1) is 21.4. The van der Waals surface area contributed by atoms with Gasteiger partial charge in [-0.25, -0.2) is 4.79 Å². The van der Waals surface area contributed by atoms with E-state index in [1.54, 1.807) is 6.07 Å². The Morgan fingerprint density at radius 3 is 2.65 bits per heavy atom. The van der Waals surface area contributed by atoms with Gasteiger partial charge in [-0.2, -0.15) is 0 Å². The monoisotopic (exact) mass is 440 g/mol. The van der Waals surface area contributed by atoms with Crippen LogP contribution in [0, 0.1) is 0 Å². The Hall–Kier alpha value is -2.86. The Bertz CT molecular complexity index is 1070. The zero-order valence-electron chi connectivity index (χ0n) is 17.3. The molecule has 0 spiro atoms. The van der Waals surface area contributed by atoms with E-state index < -0.39 is 5.97 Å². The molecule has 0 aliphatic heterocycles.